The number of thiocarbonyl (C=S) groups is 1. The van der Waals surface area contributed by atoms with Gasteiger partial charge in [-0.3, -0.25) is 10.1 Å². The molecule has 6 heteroatoms. The molecule has 0 heterocycles. The lowest BCUT2D eigenvalue weighted by atomic mass is 10.2. The molecule has 1 amide bonds. The second-order valence-electron chi connectivity index (χ2n) is 3.93. The first-order valence-corrected chi connectivity index (χ1v) is 6.84. The molecule has 0 aliphatic heterocycles. The Hall–Kier alpha value is -1.62. The van der Waals surface area contributed by atoms with Crippen LogP contribution in [-0.2, 0) is 0 Å². The van der Waals surface area contributed by atoms with Crippen molar-refractivity contribution in [2.24, 2.45) is 0 Å². The Labute approximate surface area is 131 Å². The SMILES string of the molecule is O=C(NC(=S)Nc1cccc(Cl)c1)c1cccc(Cl)c1. The van der Waals surface area contributed by atoms with Crippen LogP contribution in [0.4, 0.5) is 5.69 Å². The summed E-state index contributed by atoms with van der Waals surface area (Å²) in [6.07, 6.45) is 0. The lowest BCUT2D eigenvalue weighted by molar-refractivity contribution is 0.0978. The highest BCUT2D eigenvalue weighted by Gasteiger charge is 2.08. The zero-order valence-electron chi connectivity index (χ0n) is 10.2. The Balaban J connectivity index is 1.99. The Morgan fingerprint density at radius 1 is 1.00 bits per heavy atom. The number of hydrogen-bond acceptors (Lipinski definition) is 2. The van der Waals surface area contributed by atoms with Crippen molar-refractivity contribution in [3.05, 3.63) is 64.1 Å². The molecule has 0 saturated heterocycles. The molecule has 0 aliphatic carbocycles. The fourth-order valence-electron chi connectivity index (χ4n) is 1.53. The quantitative estimate of drug-likeness (QED) is 0.816. The molecule has 2 aromatic carbocycles. The van der Waals surface area contributed by atoms with E-state index in [9.17, 15) is 4.79 Å². The molecule has 0 aromatic heterocycles. The number of carbonyl (C=O) groups is 1. The number of carbonyl (C=O) groups excluding carboxylic acids is 1. The van der Waals surface area contributed by atoms with Gasteiger partial charge in [-0.05, 0) is 48.6 Å². The zero-order valence-corrected chi connectivity index (χ0v) is 12.5. The van der Waals surface area contributed by atoms with Crippen molar-refractivity contribution in [3.8, 4) is 0 Å². The van der Waals surface area contributed by atoms with Crippen molar-refractivity contribution in [3.63, 3.8) is 0 Å². The van der Waals surface area contributed by atoms with Gasteiger partial charge in [-0.2, -0.15) is 0 Å². The summed E-state index contributed by atoms with van der Waals surface area (Å²) in [4.78, 5) is 11.9. The van der Waals surface area contributed by atoms with Crippen molar-refractivity contribution < 1.29 is 4.79 Å². The van der Waals surface area contributed by atoms with E-state index in [0.717, 1.165) is 0 Å². The van der Waals surface area contributed by atoms with Gasteiger partial charge in [0, 0.05) is 21.3 Å². The van der Waals surface area contributed by atoms with Crippen LogP contribution in [0, 0.1) is 0 Å². The van der Waals surface area contributed by atoms with Gasteiger partial charge in [0.05, 0.1) is 0 Å². The molecule has 0 aliphatic rings. The number of nitrogens with one attached hydrogen (secondary N) is 2. The van der Waals surface area contributed by atoms with E-state index in [4.69, 9.17) is 35.4 Å². The van der Waals surface area contributed by atoms with Crippen LogP contribution >= 0.6 is 35.4 Å². The Morgan fingerprint density at radius 2 is 1.65 bits per heavy atom. The maximum atomic E-state index is 11.9. The van der Waals surface area contributed by atoms with Gasteiger partial charge in [0.1, 0.15) is 0 Å². The topological polar surface area (TPSA) is 41.1 Å². The monoisotopic (exact) mass is 324 g/mol. The van der Waals surface area contributed by atoms with E-state index < -0.39 is 0 Å². The third-order valence-corrected chi connectivity index (χ3v) is 3.07. The molecule has 2 N–H and O–H groups in total. The molecule has 0 spiro atoms. The third-order valence-electron chi connectivity index (χ3n) is 2.40. The molecular weight excluding hydrogens is 315 g/mol. The first kappa shape index (κ1) is 14.8. The summed E-state index contributed by atoms with van der Waals surface area (Å²) in [7, 11) is 0. The van der Waals surface area contributed by atoms with Crippen molar-refractivity contribution in [2.75, 3.05) is 5.32 Å². The second-order valence-corrected chi connectivity index (χ2v) is 5.21. The number of amides is 1. The Morgan fingerprint density at radius 3 is 2.30 bits per heavy atom. The summed E-state index contributed by atoms with van der Waals surface area (Å²) in [5.74, 6) is -0.327. The van der Waals surface area contributed by atoms with Crippen LogP contribution in [0.1, 0.15) is 10.4 Å². The zero-order chi connectivity index (χ0) is 14.5. The van der Waals surface area contributed by atoms with Crippen LogP contribution in [0.25, 0.3) is 0 Å². The van der Waals surface area contributed by atoms with Crippen molar-refractivity contribution in [1.29, 1.82) is 0 Å². The van der Waals surface area contributed by atoms with E-state index in [1.54, 1.807) is 48.5 Å². The van der Waals surface area contributed by atoms with Crippen LogP contribution in [0.15, 0.2) is 48.5 Å². The Bertz CT molecular complexity index is 661. The number of benzene rings is 2. The van der Waals surface area contributed by atoms with Gasteiger partial charge in [0.2, 0.25) is 0 Å². The first-order chi connectivity index (χ1) is 9.54. The average molecular weight is 325 g/mol. The van der Waals surface area contributed by atoms with Gasteiger partial charge in [-0.1, -0.05) is 35.3 Å². The highest BCUT2D eigenvalue weighted by atomic mass is 35.5. The van der Waals surface area contributed by atoms with Gasteiger partial charge >= 0.3 is 0 Å². The van der Waals surface area contributed by atoms with E-state index in [2.05, 4.69) is 10.6 Å². The molecule has 0 atom stereocenters. The maximum Gasteiger partial charge on any atom is 0.257 e. The predicted octanol–water partition coefficient (Wildman–Crippen LogP) is 4.12. The second kappa shape index (κ2) is 6.70. The fraction of sp³-hybridized carbons (Fsp3) is 0. The molecule has 3 nitrogen and oxygen atoms in total. The van der Waals surface area contributed by atoms with Gasteiger partial charge in [0.15, 0.2) is 5.11 Å². The molecule has 0 unspecified atom stereocenters. The molecule has 20 heavy (non-hydrogen) atoms. The lowest BCUT2D eigenvalue weighted by Gasteiger charge is -2.09. The standard InChI is InChI=1S/C14H10Cl2N2OS/c15-10-4-1-3-9(7-10)13(19)18-14(20)17-12-6-2-5-11(16)8-12/h1-8H,(H2,17,18,19,20). The molecule has 0 fully saturated rings. The summed E-state index contributed by atoms with van der Waals surface area (Å²) in [6.45, 7) is 0. The summed E-state index contributed by atoms with van der Waals surface area (Å²) in [5, 5.41) is 6.72. The summed E-state index contributed by atoms with van der Waals surface area (Å²) in [6, 6.07) is 13.7. The normalized spacial score (nSPS) is 9.90. The van der Waals surface area contributed by atoms with Gasteiger partial charge in [0.25, 0.3) is 5.91 Å². The lowest BCUT2D eigenvalue weighted by Crippen LogP contribution is -2.34. The highest BCUT2D eigenvalue weighted by molar-refractivity contribution is 7.80. The predicted molar refractivity (Wildman–Crippen MR) is 86.6 cm³/mol. The average Bonchev–Trinajstić information content (AvgIpc) is 2.38. The fourth-order valence-corrected chi connectivity index (χ4v) is 2.12. The summed E-state index contributed by atoms with van der Waals surface area (Å²) < 4.78 is 0. The highest BCUT2D eigenvalue weighted by Crippen LogP contribution is 2.15. The van der Waals surface area contributed by atoms with Crippen LogP contribution in [0.5, 0.6) is 0 Å². The minimum absolute atomic E-state index is 0.192. The van der Waals surface area contributed by atoms with E-state index in [1.165, 1.54) is 0 Å². The van der Waals surface area contributed by atoms with Crippen molar-refractivity contribution in [1.82, 2.24) is 5.32 Å². The van der Waals surface area contributed by atoms with E-state index in [-0.39, 0.29) is 11.0 Å². The molecule has 2 rings (SSSR count). The third kappa shape index (κ3) is 4.20. The summed E-state index contributed by atoms with van der Waals surface area (Å²) >= 11 is 16.8. The number of halogens is 2. The molecule has 102 valence electrons. The van der Waals surface area contributed by atoms with E-state index >= 15 is 0 Å². The smallest absolute Gasteiger partial charge is 0.257 e. The van der Waals surface area contributed by atoms with E-state index in [1.807, 2.05) is 0 Å². The number of hydrogen-bond donors (Lipinski definition) is 2. The van der Waals surface area contributed by atoms with E-state index in [0.29, 0.717) is 21.3 Å². The van der Waals surface area contributed by atoms with Crippen LogP contribution < -0.4 is 10.6 Å². The largest absolute Gasteiger partial charge is 0.332 e. The van der Waals surface area contributed by atoms with Gasteiger partial charge in [-0.25, -0.2) is 0 Å². The molecular formula is C14H10Cl2N2OS. The minimum atomic E-state index is -0.327. The Kier molecular flexibility index (Phi) is 4.95. The van der Waals surface area contributed by atoms with Gasteiger partial charge < -0.3 is 5.32 Å². The molecule has 0 radical (unpaired) electrons. The van der Waals surface area contributed by atoms with Crippen LogP contribution in [-0.4, -0.2) is 11.0 Å². The van der Waals surface area contributed by atoms with Crippen LogP contribution in [0.2, 0.25) is 10.0 Å². The summed E-state index contributed by atoms with van der Waals surface area (Å²) in [5.41, 5.74) is 1.14. The number of anilines is 1. The molecule has 2 aromatic rings. The number of rotatable bonds is 2. The maximum absolute atomic E-state index is 11.9. The van der Waals surface area contributed by atoms with Crippen molar-refractivity contribution >= 4 is 52.1 Å². The molecule has 0 bridgehead atoms. The van der Waals surface area contributed by atoms with Gasteiger partial charge in [-0.15, -0.1) is 0 Å². The van der Waals surface area contributed by atoms with Crippen LogP contribution in [0.3, 0.4) is 0 Å². The first-order valence-electron chi connectivity index (χ1n) is 5.68. The van der Waals surface area contributed by atoms with Crippen molar-refractivity contribution in [2.45, 2.75) is 0 Å². The molecule has 0 saturated carbocycles. The minimum Gasteiger partial charge on any atom is -0.332 e.